The molecule has 1 N–H and O–H groups in total. The quantitative estimate of drug-likeness (QED) is 0.799. The Morgan fingerprint density at radius 1 is 1.00 bits per heavy atom. The molecule has 0 amide bonds. The fraction of sp³-hybridized carbons (Fsp3) is 0.647. The Morgan fingerprint density at radius 2 is 1.41 bits per heavy atom. The highest BCUT2D eigenvalue weighted by atomic mass is 31.2. The van der Waals surface area contributed by atoms with Gasteiger partial charge in [0, 0.05) is 0 Å². The molecule has 124 valence electrons. The van der Waals surface area contributed by atoms with Crippen molar-refractivity contribution in [2.24, 2.45) is 0 Å². The van der Waals surface area contributed by atoms with Gasteiger partial charge in [-0.3, -0.25) is 4.57 Å². The van der Waals surface area contributed by atoms with Gasteiger partial charge in [-0.2, -0.15) is 0 Å². The predicted octanol–water partition coefficient (Wildman–Crippen LogP) is 4.73. The lowest BCUT2D eigenvalue weighted by atomic mass is 9.78. The van der Waals surface area contributed by atoms with Crippen LogP contribution in [0.5, 0.6) is 5.75 Å². The molecule has 0 aromatic heterocycles. The van der Waals surface area contributed by atoms with E-state index in [0.717, 1.165) is 16.7 Å². The van der Waals surface area contributed by atoms with Crippen LogP contribution < -0.4 is 0 Å². The average molecular weight is 326 g/mol. The summed E-state index contributed by atoms with van der Waals surface area (Å²) >= 11 is 0. The first-order valence-corrected chi connectivity index (χ1v) is 9.40. The summed E-state index contributed by atoms with van der Waals surface area (Å²) in [5.41, 5.74) is 2.21. The molecule has 1 fully saturated rings. The third-order valence-corrected chi connectivity index (χ3v) is 5.73. The Hall–Kier alpha value is -0.830. The molecule has 0 bridgehead atoms. The predicted molar refractivity (Wildman–Crippen MR) is 88.7 cm³/mol. The summed E-state index contributed by atoms with van der Waals surface area (Å²) in [6.45, 7) is 13.1. The van der Waals surface area contributed by atoms with E-state index in [2.05, 4.69) is 41.5 Å². The maximum Gasteiger partial charge on any atom is 0.335 e. The highest BCUT2D eigenvalue weighted by Crippen LogP contribution is 2.55. The van der Waals surface area contributed by atoms with E-state index in [1.807, 2.05) is 12.1 Å². The third kappa shape index (κ3) is 3.73. The third-order valence-electron chi connectivity index (χ3n) is 3.82. The molecular weight excluding hydrogens is 299 g/mol. The molecule has 0 unspecified atom stereocenters. The molecule has 0 radical (unpaired) electrons. The first-order valence-electron chi connectivity index (χ1n) is 7.67. The Kier molecular flexibility index (Phi) is 4.51. The average Bonchev–Trinajstić information content (AvgIpc) is 2.75. The van der Waals surface area contributed by atoms with Crippen molar-refractivity contribution in [2.45, 2.75) is 58.5 Å². The van der Waals surface area contributed by atoms with E-state index < -0.39 is 7.60 Å². The molecule has 1 aromatic carbocycles. The zero-order valence-corrected chi connectivity index (χ0v) is 15.3. The van der Waals surface area contributed by atoms with E-state index in [0.29, 0.717) is 19.0 Å². The van der Waals surface area contributed by atoms with Crippen LogP contribution in [0.2, 0.25) is 0 Å². The molecule has 1 aliphatic rings. The lowest BCUT2D eigenvalue weighted by molar-refractivity contribution is 0.350. The van der Waals surface area contributed by atoms with Crippen LogP contribution >= 0.6 is 7.60 Å². The van der Waals surface area contributed by atoms with Crippen LogP contribution in [0.25, 0.3) is 0 Å². The molecule has 0 atom stereocenters. The number of hydrogen-bond donors (Lipinski definition) is 1. The standard InChI is InChI=1S/C17H27O4P/c1-16(2,3)13-9-12(11-22(19)20-7-8-21-22)10-14(15(13)18)17(4,5)6/h9-10,18H,7-8,11H2,1-6H3. The molecule has 5 heteroatoms. The van der Waals surface area contributed by atoms with Gasteiger partial charge in [-0.25, -0.2) is 0 Å². The zero-order chi connectivity index (χ0) is 16.8. The number of rotatable bonds is 2. The molecule has 1 heterocycles. The molecule has 0 aliphatic carbocycles. The lowest BCUT2D eigenvalue weighted by Gasteiger charge is -2.28. The van der Waals surface area contributed by atoms with Crippen LogP contribution in [-0.4, -0.2) is 18.3 Å². The van der Waals surface area contributed by atoms with Crippen molar-refractivity contribution in [1.82, 2.24) is 0 Å². The number of aromatic hydroxyl groups is 1. The molecule has 22 heavy (non-hydrogen) atoms. The van der Waals surface area contributed by atoms with Gasteiger partial charge in [-0.1, -0.05) is 53.7 Å². The van der Waals surface area contributed by atoms with Gasteiger partial charge in [0.05, 0.1) is 19.4 Å². The van der Waals surface area contributed by atoms with E-state index in [1.165, 1.54) is 0 Å². The van der Waals surface area contributed by atoms with E-state index in [1.54, 1.807) is 0 Å². The zero-order valence-electron chi connectivity index (χ0n) is 14.4. The van der Waals surface area contributed by atoms with E-state index in [-0.39, 0.29) is 17.0 Å². The molecule has 0 spiro atoms. The SMILES string of the molecule is CC(C)(C)c1cc(CP2(=O)OCCO2)cc(C(C)(C)C)c1O. The smallest absolute Gasteiger partial charge is 0.335 e. The molecule has 1 aliphatic heterocycles. The minimum atomic E-state index is -3.03. The summed E-state index contributed by atoms with van der Waals surface area (Å²) < 4.78 is 23.1. The largest absolute Gasteiger partial charge is 0.507 e. The monoisotopic (exact) mass is 326 g/mol. The van der Waals surface area contributed by atoms with Gasteiger partial charge in [-0.05, 0) is 27.5 Å². The Balaban J connectivity index is 2.53. The van der Waals surface area contributed by atoms with Crippen LogP contribution in [0.3, 0.4) is 0 Å². The Bertz CT molecular complexity index is 563. The van der Waals surface area contributed by atoms with Crippen molar-refractivity contribution in [3.63, 3.8) is 0 Å². The van der Waals surface area contributed by atoms with Crippen LogP contribution in [0.4, 0.5) is 0 Å². The first-order chi connectivity index (χ1) is 9.92. The Labute approximate surface area is 133 Å². The second kappa shape index (κ2) is 5.67. The molecule has 1 aromatic rings. The second-order valence-corrected chi connectivity index (χ2v) is 10.0. The molecule has 2 rings (SSSR count). The van der Waals surface area contributed by atoms with Gasteiger partial charge in [0.25, 0.3) is 0 Å². The topological polar surface area (TPSA) is 55.8 Å². The lowest BCUT2D eigenvalue weighted by Crippen LogP contribution is -2.18. The van der Waals surface area contributed by atoms with Crippen molar-refractivity contribution < 1.29 is 18.7 Å². The first kappa shape index (κ1) is 17.5. The van der Waals surface area contributed by atoms with Gasteiger partial charge in [0.1, 0.15) is 5.75 Å². The summed E-state index contributed by atoms with van der Waals surface area (Å²) in [6, 6.07) is 3.85. The van der Waals surface area contributed by atoms with Crippen molar-refractivity contribution >= 4 is 7.60 Å². The van der Waals surface area contributed by atoms with Crippen LogP contribution in [0, 0.1) is 0 Å². The van der Waals surface area contributed by atoms with Crippen molar-refractivity contribution in [1.29, 1.82) is 0 Å². The fourth-order valence-electron chi connectivity index (χ4n) is 2.63. The number of phenolic OH excluding ortho intramolecular Hbond substituents is 1. The van der Waals surface area contributed by atoms with Gasteiger partial charge in [0.2, 0.25) is 0 Å². The summed E-state index contributed by atoms with van der Waals surface area (Å²) in [5.74, 6) is 0.329. The van der Waals surface area contributed by atoms with Gasteiger partial charge in [-0.15, -0.1) is 0 Å². The van der Waals surface area contributed by atoms with Crippen molar-refractivity contribution in [3.8, 4) is 5.75 Å². The maximum atomic E-state index is 12.5. The second-order valence-electron chi connectivity index (χ2n) is 7.98. The van der Waals surface area contributed by atoms with Gasteiger partial charge >= 0.3 is 7.60 Å². The van der Waals surface area contributed by atoms with Crippen LogP contribution in [0.1, 0.15) is 58.2 Å². The maximum absolute atomic E-state index is 12.5. The molecule has 4 nitrogen and oxygen atoms in total. The van der Waals surface area contributed by atoms with Crippen molar-refractivity contribution in [2.75, 3.05) is 13.2 Å². The van der Waals surface area contributed by atoms with E-state index in [9.17, 15) is 9.67 Å². The number of phenols is 1. The summed E-state index contributed by atoms with van der Waals surface area (Å²) in [6.07, 6.45) is 0.249. The fourth-order valence-corrected chi connectivity index (χ4v) is 4.23. The van der Waals surface area contributed by atoms with Crippen LogP contribution in [0.15, 0.2) is 12.1 Å². The molecule has 1 saturated heterocycles. The minimum absolute atomic E-state index is 0.202. The normalized spacial score (nSPS) is 18.6. The van der Waals surface area contributed by atoms with E-state index >= 15 is 0 Å². The summed E-state index contributed by atoms with van der Waals surface area (Å²) in [4.78, 5) is 0. The molecular formula is C17H27O4P. The van der Waals surface area contributed by atoms with Crippen LogP contribution in [-0.2, 0) is 30.6 Å². The summed E-state index contributed by atoms with van der Waals surface area (Å²) in [5, 5.41) is 10.7. The molecule has 0 saturated carbocycles. The van der Waals surface area contributed by atoms with Crippen molar-refractivity contribution in [3.05, 3.63) is 28.8 Å². The Morgan fingerprint density at radius 3 is 1.77 bits per heavy atom. The number of hydrogen-bond acceptors (Lipinski definition) is 4. The minimum Gasteiger partial charge on any atom is -0.507 e. The van der Waals surface area contributed by atoms with E-state index in [4.69, 9.17) is 9.05 Å². The summed E-state index contributed by atoms with van der Waals surface area (Å²) in [7, 11) is -3.03. The van der Waals surface area contributed by atoms with Gasteiger partial charge < -0.3 is 14.2 Å². The number of benzene rings is 1. The van der Waals surface area contributed by atoms with Gasteiger partial charge in [0.15, 0.2) is 0 Å². The highest BCUT2D eigenvalue weighted by molar-refractivity contribution is 7.53. The highest BCUT2D eigenvalue weighted by Gasteiger charge is 2.32.